The normalized spacial score (nSPS) is 14.2. The minimum Gasteiger partial charge on any atom is -0.494 e. The number of hydrogen-bond donors (Lipinski definition) is 0. The summed E-state index contributed by atoms with van der Waals surface area (Å²) in [6, 6.07) is 13.7. The number of nitrogens with zero attached hydrogens (tertiary/aromatic N) is 2. The standard InChI is InChI=1S/C19H19FN2O3S/c20-16-4-8-18(9-5-16)25-13-1-12-22(17-6-7-17)26(23,24)19-10-2-15(14-21)3-11-19/h2-5,8-11,17H,1,6-7,12-13H2. The SMILES string of the molecule is N#Cc1ccc(S(=O)(=O)N(CCCOc2ccc(F)cc2)C2CC2)cc1. The first-order chi connectivity index (χ1) is 12.5. The quantitative estimate of drug-likeness (QED) is 0.665. The van der Waals surface area contributed by atoms with E-state index in [1.54, 1.807) is 12.1 Å². The predicted molar refractivity (Wildman–Crippen MR) is 94.6 cm³/mol. The van der Waals surface area contributed by atoms with Crippen LogP contribution in [0, 0.1) is 17.1 Å². The molecule has 1 aliphatic rings. The number of nitriles is 1. The Hall–Kier alpha value is -2.43. The highest BCUT2D eigenvalue weighted by Gasteiger charge is 2.37. The van der Waals surface area contributed by atoms with E-state index >= 15 is 0 Å². The van der Waals surface area contributed by atoms with Crippen LogP contribution in [0.5, 0.6) is 5.75 Å². The summed E-state index contributed by atoms with van der Waals surface area (Å²) in [5, 5.41) is 8.85. The van der Waals surface area contributed by atoms with Crippen LogP contribution in [0.3, 0.4) is 0 Å². The molecule has 0 bridgehead atoms. The van der Waals surface area contributed by atoms with E-state index in [4.69, 9.17) is 10.00 Å². The Morgan fingerprint density at radius 1 is 1.12 bits per heavy atom. The molecule has 0 N–H and O–H groups in total. The van der Waals surface area contributed by atoms with E-state index in [0.29, 0.717) is 30.9 Å². The van der Waals surface area contributed by atoms with Gasteiger partial charge in [-0.2, -0.15) is 9.57 Å². The van der Waals surface area contributed by atoms with Crippen LogP contribution < -0.4 is 4.74 Å². The van der Waals surface area contributed by atoms with Gasteiger partial charge in [-0.05, 0) is 67.8 Å². The van der Waals surface area contributed by atoms with E-state index in [9.17, 15) is 12.8 Å². The Morgan fingerprint density at radius 2 is 1.77 bits per heavy atom. The molecule has 1 fully saturated rings. The molecule has 136 valence electrons. The second kappa shape index (κ2) is 7.85. The second-order valence-corrected chi connectivity index (χ2v) is 8.03. The van der Waals surface area contributed by atoms with Crippen molar-refractivity contribution in [2.24, 2.45) is 0 Å². The van der Waals surface area contributed by atoms with Gasteiger partial charge in [0, 0.05) is 12.6 Å². The summed E-state index contributed by atoms with van der Waals surface area (Å²) in [5.41, 5.74) is 0.426. The Kier molecular flexibility index (Phi) is 5.55. The minimum absolute atomic E-state index is 0.0291. The van der Waals surface area contributed by atoms with Crippen LogP contribution in [0.2, 0.25) is 0 Å². The summed E-state index contributed by atoms with van der Waals surface area (Å²) in [6.07, 6.45) is 2.24. The molecule has 3 rings (SSSR count). The van der Waals surface area contributed by atoms with Gasteiger partial charge in [-0.1, -0.05) is 0 Å². The third kappa shape index (κ3) is 4.40. The van der Waals surface area contributed by atoms with Gasteiger partial charge in [-0.15, -0.1) is 0 Å². The fourth-order valence-corrected chi connectivity index (χ4v) is 4.36. The van der Waals surface area contributed by atoms with Gasteiger partial charge in [-0.25, -0.2) is 12.8 Å². The van der Waals surface area contributed by atoms with Crippen LogP contribution in [0.15, 0.2) is 53.4 Å². The van der Waals surface area contributed by atoms with E-state index in [0.717, 1.165) is 12.8 Å². The molecular weight excluding hydrogens is 355 g/mol. The van der Waals surface area contributed by atoms with Crippen molar-refractivity contribution in [1.29, 1.82) is 5.26 Å². The van der Waals surface area contributed by atoms with E-state index in [1.807, 2.05) is 6.07 Å². The maximum atomic E-state index is 12.9. The lowest BCUT2D eigenvalue weighted by Crippen LogP contribution is -2.34. The van der Waals surface area contributed by atoms with Crippen molar-refractivity contribution < 1.29 is 17.5 Å². The number of benzene rings is 2. The molecule has 0 radical (unpaired) electrons. The third-order valence-corrected chi connectivity index (χ3v) is 6.12. The highest BCUT2D eigenvalue weighted by atomic mass is 32.2. The summed E-state index contributed by atoms with van der Waals surface area (Å²) in [6.45, 7) is 0.700. The highest BCUT2D eigenvalue weighted by molar-refractivity contribution is 7.89. The Bertz CT molecular complexity index is 886. The number of sulfonamides is 1. The summed E-state index contributed by atoms with van der Waals surface area (Å²) in [4.78, 5) is 0.197. The van der Waals surface area contributed by atoms with Gasteiger partial charge >= 0.3 is 0 Å². The smallest absolute Gasteiger partial charge is 0.243 e. The molecule has 7 heteroatoms. The topological polar surface area (TPSA) is 70.4 Å². The maximum absolute atomic E-state index is 12.9. The van der Waals surface area contributed by atoms with Gasteiger partial charge in [0.25, 0.3) is 0 Å². The summed E-state index contributed by atoms with van der Waals surface area (Å²) >= 11 is 0. The van der Waals surface area contributed by atoms with Crippen molar-refractivity contribution in [3.63, 3.8) is 0 Å². The molecule has 1 aliphatic carbocycles. The largest absolute Gasteiger partial charge is 0.494 e. The Labute approximate surface area is 152 Å². The van der Waals surface area contributed by atoms with Crippen LogP contribution in [0.1, 0.15) is 24.8 Å². The fourth-order valence-electron chi connectivity index (χ4n) is 2.64. The van der Waals surface area contributed by atoms with Crippen LogP contribution in [-0.2, 0) is 10.0 Å². The number of rotatable bonds is 8. The molecule has 2 aromatic carbocycles. The van der Waals surface area contributed by atoms with Gasteiger partial charge < -0.3 is 4.74 Å². The van der Waals surface area contributed by atoms with Crippen molar-refractivity contribution >= 4 is 10.0 Å². The first-order valence-electron chi connectivity index (χ1n) is 8.41. The number of halogens is 1. The van der Waals surface area contributed by atoms with Crippen molar-refractivity contribution in [3.8, 4) is 11.8 Å². The molecule has 2 aromatic rings. The average molecular weight is 374 g/mol. The summed E-state index contributed by atoms with van der Waals surface area (Å²) in [5.74, 6) is 0.227. The first kappa shape index (κ1) is 18.4. The zero-order chi connectivity index (χ0) is 18.6. The van der Waals surface area contributed by atoms with Crippen LogP contribution in [0.4, 0.5) is 4.39 Å². The molecule has 0 atom stereocenters. The van der Waals surface area contributed by atoms with Crippen LogP contribution >= 0.6 is 0 Å². The molecule has 1 saturated carbocycles. The molecule has 0 amide bonds. The average Bonchev–Trinajstić information content (AvgIpc) is 3.48. The van der Waals surface area contributed by atoms with E-state index in [-0.39, 0.29) is 16.8 Å². The molecule has 0 heterocycles. The molecule has 0 unspecified atom stereocenters. The van der Waals surface area contributed by atoms with Crippen molar-refractivity contribution in [2.75, 3.05) is 13.2 Å². The molecule has 0 aliphatic heterocycles. The first-order valence-corrected chi connectivity index (χ1v) is 9.85. The lowest BCUT2D eigenvalue weighted by Gasteiger charge is -2.22. The van der Waals surface area contributed by atoms with Gasteiger partial charge in [0.2, 0.25) is 10.0 Å². The van der Waals surface area contributed by atoms with E-state index in [2.05, 4.69) is 0 Å². The highest BCUT2D eigenvalue weighted by Crippen LogP contribution is 2.32. The number of hydrogen-bond acceptors (Lipinski definition) is 4. The van der Waals surface area contributed by atoms with Gasteiger partial charge in [0.05, 0.1) is 23.1 Å². The minimum atomic E-state index is -3.59. The van der Waals surface area contributed by atoms with Crippen LogP contribution in [-0.4, -0.2) is 31.9 Å². The fraction of sp³-hybridized carbons (Fsp3) is 0.316. The lowest BCUT2D eigenvalue weighted by molar-refractivity contribution is 0.286. The molecule has 0 spiro atoms. The van der Waals surface area contributed by atoms with Crippen LogP contribution in [0.25, 0.3) is 0 Å². The molecule has 26 heavy (non-hydrogen) atoms. The molecule has 5 nitrogen and oxygen atoms in total. The summed E-state index contributed by atoms with van der Waals surface area (Å²) < 4.78 is 45.7. The maximum Gasteiger partial charge on any atom is 0.243 e. The van der Waals surface area contributed by atoms with Crippen molar-refractivity contribution in [3.05, 3.63) is 59.9 Å². The Morgan fingerprint density at radius 3 is 2.35 bits per heavy atom. The van der Waals surface area contributed by atoms with Gasteiger partial charge in [-0.3, -0.25) is 0 Å². The second-order valence-electron chi connectivity index (χ2n) is 6.14. The summed E-state index contributed by atoms with van der Waals surface area (Å²) in [7, 11) is -3.59. The zero-order valence-corrected chi connectivity index (χ0v) is 15.0. The molecular formula is C19H19FN2O3S. The van der Waals surface area contributed by atoms with Crippen molar-refractivity contribution in [1.82, 2.24) is 4.31 Å². The monoisotopic (exact) mass is 374 g/mol. The van der Waals surface area contributed by atoms with E-state index in [1.165, 1.54) is 40.7 Å². The van der Waals surface area contributed by atoms with E-state index < -0.39 is 10.0 Å². The lowest BCUT2D eigenvalue weighted by atomic mass is 10.2. The predicted octanol–water partition coefficient (Wildman–Crippen LogP) is 3.32. The zero-order valence-electron chi connectivity index (χ0n) is 14.1. The molecule has 0 aromatic heterocycles. The Balaban J connectivity index is 1.61. The third-order valence-electron chi connectivity index (χ3n) is 4.15. The molecule has 0 saturated heterocycles. The van der Waals surface area contributed by atoms with Crippen molar-refractivity contribution in [2.45, 2.75) is 30.2 Å². The van der Waals surface area contributed by atoms with Gasteiger partial charge in [0.1, 0.15) is 11.6 Å². The number of ether oxygens (including phenoxy) is 1. The van der Waals surface area contributed by atoms with Gasteiger partial charge in [0.15, 0.2) is 0 Å².